The molecule has 1 aliphatic rings. The Morgan fingerprint density at radius 1 is 1.06 bits per heavy atom. The Morgan fingerprint density at radius 3 is 2.43 bits per heavy atom. The molecular weight excluding hydrogens is 532 g/mol. The van der Waals surface area contributed by atoms with Crippen molar-refractivity contribution in [3.63, 3.8) is 0 Å². The second-order valence-electron chi connectivity index (χ2n) is 7.86. The summed E-state index contributed by atoms with van der Waals surface area (Å²) in [5, 5.41) is 0. The van der Waals surface area contributed by atoms with Crippen LogP contribution in [0.25, 0.3) is 0 Å². The van der Waals surface area contributed by atoms with Gasteiger partial charge >= 0.3 is 6.18 Å². The molecule has 1 aliphatic heterocycles. The third-order valence-electron chi connectivity index (χ3n) is 5.66. The average molecular weight is 553 g/mol. The molecular formula is C24H21BrF4N4O2. The number of nitrogens with zero attached hydrogens (tertiary/aromatic N) is 3. The van der Waals surface area contributed by atoms with Gasteiger partial charge in [0.05, 0.1) is 29.6 Å². The monoisotopic (exact) mass is 552 g/mol. The quantitative estimate of drug-likeness (QED) is 0.315. The Bertz CT molecular complexity index is 1270. The normalized spacial score (nSPS) is 13.7. The van der Waals surface area contributed by atoms with Gasteiger partial charge in [0.1, 0.15) is 17.1 Å². The van der Waals surface area contributed by atoms with Crippen molar-refractivity contribution in [1.29, 1.82) is 0 Å². The van der Waals surface area contributed by atoms with Crippen molar-refractivity contribution >= 4 is 38.9 Å². The van der Waals surface area contributed by atoms with Crippen molar-refractivity contribution in [2.45, 2.75) is 19.0 Å². The van der Waals surface area contributed by atoms with Gasteiger partial charge in [-0.2, -0.15) is 13.2 Å². The summed E-state index contributed by atoms with van der Waals surface area (Å²) in [5.74, 6) is -0.773. The molecule has 2 N–H and O–H groups in total. The Balaban J connectivity index is 1.89. The van der Waals surface area contributed by atoms with Gasteiger partial charge in [0.25, 0.3) is 5.91 Å². The number of methoxy groups -OCH3 is 1. The maximum Gasteiger partial charge on any atom is 0.416 e. The summed E-state index contributed by atoms with van der Waals surface area (Å²) in [6.07, 6.45) is -3.59. The first-order chi connectivity index (χ1) is 16.6. The number of nitrogens with two attached hydrogens (primary N) is 1. The number of fused-ring (bicyclic) bond motifs is 1. The molecule has 4 rings (SSSR count). The number of hydrogen-bond donors (Lipinski definition) is 1. The largest absolute Gasteiger partial charge is 0.481 e. The Labute approximate surface area is 207 Å². The summed E-state index contributed by atoms with van der Waals surface area (Å²) in [6, 6.07) is 10.4. The number of halogens is 5. The molecule has 0 atom stereocenters. The van der Waals surface area contributed by atoms with Crippen LogP contribution in [0.1, 0.15) is 27.9 Å². The van der Waals surface area contributed by atoms with Crippen molar-refractivity contribution in [2.24, 2.45) is 5.73 Å². The van der Waals surface area contributed by atoms with Crippen LogP contribution in [0.5, 0.6) is 5.88 Å². The van der Waals surface area contributed by atoms with Gasteiger partial charge in [0, 0.05) is 11.8 Å². The molecule has 1 aromatic heterocycles. The summed E-state index contributed by atoms with van der Waals surface area (Å²) < 4.78 is 60.0. The maximum absolute atomic E-state index is 14.1. The molecule has 35 heavy (non-hydrogen) atoms. The number of aryl methyl sites for hydroxylation is 1. The number of carbonyl (C=O) groups is 1. The average Bonchev–Trinajstić information content (AvgIpc) is 2.83. The summed E-state index contributed by atoms with van der Waals surface area (Å²) >= 11 is 3.32. The summed E-state index contributed by atoms with van der Waals surface area (Å²) in [7, 11) is 1.44. The number of hydrogen-bond acceptors (Lipinski definition) is 5. The number of benzene rings is 2. The van der Waals surface area contributed by atoms with Crippen LogP contribution in [-0.4, -0.2) is 31.2 Å². The molecule has 3 aromatic rings. The highest BCUT2D eigenvalue weighted by molar-refractivity contribution is 9.10. The molecule has 0 saturated carbocycles. The smallest absolute Gasteiger partial charge is 0.416 e. The van der Waals surface area contributed by atoms with E-state index >= 15 is 0 Å². The summed E-state index contributed by atoms with van der Waals surface area (Å²) in [6.45, 7) is 0.349. The predicted octanol–water partition coefficient (Wildman–Crippen LogP) is 5.66. The highest BCUT2D eigenvalue weighted by Gasteiger charge is 2.37. The van der Waals surface area contributed by atoms with E-state index in [1.165, 1.54) is 30.2 Å². The molecule has 0 spiro atoms. The van der Waals surface area contributed by atoms with Crippen LogP contribution in [0, 0.1) is 5.82 Å². The molecule has 0 radical (unpaired) electrons. The zero-order valence-corrected chi connectivity index (χ0v) is 20.2. The molecule has 6 nitrogen and oxygen atoms in total. The van der Waals surface area contributed by atoms with Gasteiger partial charge in [0.2, 0.25) is 5.88 Å². The van der Waals surface area contributed by atoms with Crippen molar-refractivity contribution in [3.05, 3.63) is 75.6 Å². The fraction of sp³-hybridized carbons (Fsp3) is 0.250. The zero-order chi connectivity index (χ0) is 25.3. The van der Waals surface area contributed by atoms with E-state index in [0.717, 1.165) is 12.1 Å². The number of rotatable bonds is 6. The molecule has 0 unspecified atom stereocenters. The van der Waals surface area contributed by atoms with Crippen LogP contribution in [0.2, 0.25) is 0 Å². The van der Waals surface area contributed by atoms with E-state index in [1.807, 2.05) is 0 Å². The van der Waals surface area contributed by atoms with Crippen molar-refractivity contribution in [2.75, 3.05) is 30.1 Å². The number of pyridine rings is 1. The molecule has 11 heteroatoms. The lowest BCUT2D eigenvalue weighted by molar-refractivity contribution is -0.137. The number of amides is 1. The van der Waals surface area contributed by atoms with Crippen LogP contribution in [-0.2, 0) is 12.6 Å². The molecule has 0 saturated heterocycles. The van der Waals surface area contributed by atoms with Gasteiger partial charge < -0.3 is 15.4 Å². The predicted molar refractivity (Wildman–Crippen MR) is 128 cm³/mol. The van der Waals surface area contributed by atoms with Gasteiger partial charge in [-0.15, -0.1) is 0 Å². The minimum Gasteiger partial charge on any atom is -0.481 e. The molecule has 0 aliphatic carbocycles. The summed E-state index contributed by atoms with van der Waals surface area (Å²) in [4.78, 5) is 20.7. The fourth-order valence-electron chi connectivity index (χ4n) is 3.97. The van der Waals surface area contributed by atoms with E-state index in [1.54, 1.807) is 23.1 Å². The van der Waals surface area contributed by atoms with Crippen molar-refractivity contribution < 1.29 is 27.1 Å². The van der Waals surface area contributed by atoms with E-state index in [9.17, 15) is 22.4 Å². The maximum atomic E-state index is 14.1. The Hall–Kier alpha value is -3.18. The van der Waals surface area contributed by atoms with E-state index in [2.05, 4.69) is 20.9 Å². The second-order valence-corrected chi connectivity index (χ2v) is 8.61. The summed E-state index contributed by atoms with van der Waals surface area (Å²) in [5.41, 5.74) is 6.39. The van der Waals surface area contributed by atoms with Gasteiger partial charge in [-0.3, -0.25) is 9.69 Å². The molecule has 2 heterocycles. The van der Waals surface area contributed by atoms with Gasteiger partial charge in [0.15, 0.2) is 0 Å². The van der Waals surface area contributed by atoms with Crippen molar-refractivity contribution in [1.82, 2.24) is 4.98 Å². The SMILES string of the molecule is COc1ccc(N2CN(c3ccc(F)cc3CCCN)c3ccc(C(F)(F)F)cc3C2=O)c(Br)n1. The fourth-order valence-corrected chi connectivity index (χ4v) is 4.49. The van der Waals surface area contributed by atoms with E-state index in [-0.39, 0.29) is 22.5 Å². The second kappa shape index (κ2) is 9.82. The molecule has 2 aromatic carbocycles. The molecule has 1 amide bonds. The Morgan fingerprint density at radius 2 is 1.77 bits per heavy atom. The van der Waals surface area contributed by atoms with E-state index < -0.39 is 23.5 Å². The number of anilines is 3. The molecule has 0 fully saturated rings. The Kier molecular flexibility index (Phi) is 7.00. The van der Waals surface area contributed by atoms with Gasteiger partial charge in [-0.1, -0.05) is 0 Å². The number of carbonyl (C=O) groups excluding carboxylic acids is 1. The van der Waals surface area contributed by atoms with Gasteiger partial charge in [-0.05, 0) is 83.3 Å². The van der Waals surface area contributed by atoms with Crippen LogP contribution in [0.4, 0.5) is 34.6 Å². The van der Waals surface area contributed by atoms with Crippen LogP contribution < -0.4 is 20.3 Å². The number of ether oxygens (including phenoxy) is 1. The zero-order valence-electron chi connectivity index (χ0n) is 18.6. The van der Waals surface area contributed by atoms with Crippen LogP contribution in [0.15, 0.2) is 53.1 Å². The third-order valence-corrected chi connectivity index (χ3v) is 6.24. The third kappa shape index (κ3) is 4.96. The number of aromatic nitrogens is 1. The lowest BCUT2D eigenvalue weighted by Gasteiger charge is -2.39. The lowest BCUT2D eigenvalue weighted by atomic mass is 10.0. The highest BCUT2D eigenvalue weighted by atomic mass is 79.9. The first kappa shape index (κ1) is 24.9. The highest BCUT2D eigenvalue weighted by Crippen LogP contribution is 2.41. The first-order valence-corrected chi connectivity index (χ1v) is 11.4. The van der Waals surface area contributed by atoms with Crippen molar-refractivity contribution in [3.8, 4) is 5.88 Å². The molecule has 184 valence electrons. The standard InChI is InChI=1S/C24H21BrF4N4O2/c1-35-21-9-8-20(22(25)31-21)33-13-32(18-7-5-16(26)11-14(18)3-2-10-30)19-6-4-15(24(27,28)29)12-17(19)23(33)34/h4-9,11-12H,2-3,10,13,30H2,1H3. The topological polar surface area (TPSA) is 71.7 Å². The minimum atomic E-state index is -4.63. The first-order valence-electron chi connectivity index (χ1n) is 10.6. The van der Waals surface area contributed by atoms with E-state index in [4.69, 9.17) is 10.5 Å². The molecule has 0 bridgehead atoms. The van der Waals surface area contributed by atoms with Gasteiger partial charge in [-0.25, -0.2) is 9.37 Å². The lowest BCUT2D eigenvalue weighted by Crippen LogP contribution is -2.45. The van der Waals surface area contributed by atoms with Crippen LogP contribution in [0.3, 0.4) is 0 Å². The van der Waals surface area contributed by atoms with E-state index in [0.29, 0.717) is 42.2 Å². The van der Waals surface area contributed by atoms with Crippen LogP contribution >= 0.6 is 15.9 Å². The minimum absolute atomic E-state index is 0.0366. The number of alkyl halides is 3.